The van der Waals surface area contributed by atoms with Crippen LogP contribution in [-0.4, -0.2) is 24.5 Å². The summed E-state index contributed by atoms with van der Waals surface area (Å²) >= 11 is 6.04. The van der Waals surface area contributed by atoms with E-state index in [2.05, 4.69) is 34.3 Å². The maximum Gasteiger partial charge on any atom is 0.274 e. The van der Waals surface area contributed by atoms with Crippen LogP contribution in [0.3, 0.4) is 0 Å². The zero-order chi connectivity index (χ0) is 19.9. The number of hydrogen-bond donors (Lipinski definition) is 1. The van der Waals surface area contributed by atoms with Crippen molar-refractivity contribution in [2.75, 3.05) is 23.9 Å². The Morgan fingerprint density at radius 1 is 1.14 bits per heavy atom. The van der Waals surface area contributed by atoms with Crippen molar-refractivity contribution >= 4 is 28.9 Å². The van der Waals surface area contributed by atoms with E-state index in [1.165, 1.54) is 5.56 Å². The summed E-state index contributed by atoms with van der Waals surface area (Å²) in [5.74, 6) is 0.214. The summed E-state index contributed by atoms with van der Waals surface area (Å²) in [5, 5.41) is 3.33. The van der Waals surface area contributed by atoms with Crippen molar-refractivity contribution < 1.29 is 9.53 Å². The Hall–Kier alpha value is -3.05. The van der Waals surface area contributed by atoms with Crippen LogP contribution >= 0.6 is 11.6 Å². The average Bonchev–Trinajstić information content (AvgIpc) is 2.73. The molecule has 6 heteroatoms. The van der Waals surface area contributed by atoms with Crippen LogP contribution in [-0.2, 0) is 6.54 Å². The lowest BCUT2D eigenvalue weighted by atomic mass is 10.2. The van der Waals surface area contributed by atoms with Crippen LogP contribution in [0.1, 0.15) is 23.0 Å². The molecule has 0 aliphatic rings. The summed E-state index contributed by atoms with van der Waals surface area (Å²) < 4.78 is 5.28. The van der Waals surface area contributed by atoms with Crippen molar-refractivity contribution in [1.82, 2.24) is 4.98 Å². The quantitative estimate of drug-likeness (QED) is 0.610. The molecule has 1 N–H and O–H groups in total. The molecule has 1 aromatic heterocycles. The van der Waals surface area contributed by atoms with Gasteiger partial charge in [-0.1, -0.05) is 41.9 Å². The largest absolute Gasteiger partial charge is 0.495 e. The first-order chi connectivity index (χ1) is 13.6. The van der Waals surface area contributed by atoms with Crippen LogP contribution < -0.4 is 15.0 Å². The van der Waals surface area contributed by atoms with E-state index < -0.39 is 0 Å². The topological polar surface area (TPSA) is 54.5 Å². The van der Waals surface area contributed by atoms with E-state index in [-0.39, 0.29) is 5.91 Å². The Bertz CT molecular complexity index is 948. The van der Waals surface area contributed by atoms with E-state index in [0.29, 0.717) is 22.2 Å². The smallest absolute Gasteiger partial charge is 0.274 e. The van der Waals surface area contributed by atoms with Gasteiger partial charge in [0.2, 0.25) is 0 Å². The van der Waals surface area contributed by atoms with Crippen molar-refractivity contribution in [3.05, 3.63) is 83.1 Å². The van der Waals surface area contributed by atoms with Gasteiger partial charge < -0.3 is 15.0 Å². The monoisotopic (exact) mass is 395 g/mol. The third-order valence-corrected chi connectivity index (χ3v) is 4.58. The van der Waals surface area contributed by atoms with Crippen LogP contribution in [0.4, 0.5) is 11.4 Å². The fourth-order valence-corrected chi connectivity index (χ4v) is 3.07. The first kappa shape index (κ1) is 19.7. The molecule has 144 valence electrons. The number of anilines is 2. The van der Waals surface area contributed by atoms with Crippen molar-refractivity contribution in [2.24, 2.45) is 0 Å². The number of ether oxygens (including phenoxy) is 1. The number of rotatable bonds is 7. The molecule has 0 spiro atoms. The fourth-order valence-electron chi connectivity index (χ4n) is 2.89. The second-order valence-corrected chi connectivity index (χ2v) is 6.63. The number of benzene rings is 2. The molecule has 1 heterocycles. The molecule has 0 saturated heterocycles. The van der Waals surface area contributed by atoms with E-state index in [4.69, 9.17) is 16.3 Å². The summed E-state index contributed by atoms with van der Waals surface area (Å²) in [6.45, 7) is 3.65. The summed E-state index contributed by atoms with van der Waals surface area (Å²) in [7, 11) is 1.54. The Labute approximate surface area is 169 Å². The third kappa shape index (κ3) is 4.81. The molecule has 0 fully saturated rings. The van der Waals surface area contributed by atoms with Gasteiger partial charge in [-0.3, -0.25) is 9.78 Å². The molecule has 0 radical (unpaired) electrons. The fraction of sp³-hybridized carbons (Fsp3) is 0.182. The molecule has 3 aromatic rings. The minimum Gasteiger partial charge on any atom is -0.495 e. The second-order valence-electron chi connectivity index (χ2n) is 6.20. The molecular formula is C22H22ClN3O2. The first-order valence-electron chi connectivity index (χ1n) is 9.00. The summed E-state index contributed by atoms with van der Waals surface area (Å²) in [4.78, 5) is 19.1. The van der Waals surface area contributed by atoms with Crippen molar-refractivity contribution in [1.29, 1.82) is 0 Å². The molecule has 0 aliphatic heterocycles. The van der Waals surface area contributed by atoms with E-state index in [9.17, 15) is 4.79 Å². The minimum absolute atomic E-state index is 0.321. The molecule has 0 unspecified atom stereocenters. The number of methoxy groups -OCH3 is 1. The number of nitrogens with zero attached hydrogens (tertiary/aromatic N) is 2. The predicted molar refractivity (Wildman–Crippen MR) is 113 cm³/mol. The zero-order valence-electron chi connectivity index (χ0n) is 15.9. The van der Waals surface area contributed by atoms with E-state index in [1.807, 2.05) is 24.3 Å². The Morgan fingerprint density at radius 2 is 1.93 bits per heavy atom. The van der Waals surface area contributed by atoms with Gasteiger partial charge in [-0.25, -0.2) is 0 Å². The van der Waals surface area contributed by atoms with E-state index in [0.717, 1.165) is 18.8 Å². The van der Waals surface area contributed by atoms with Crippen LogP contribution in [0, 0.1) is 0 Å². The normalized spacial score (nSPS) is 10.4. The Kier molecular flexibility index (Phi) is 6.50. The van der Waals surface area contributed by atoms with Gasteiger partial charge in [0.25, 0.3) is 5.91 Å². The lowest BCUT2D eigenvalue weighted by molar-refractivity contribution is 0.102. The van der Waals surface area contributed by atoms with Crippen LogP contribution in [0.5, 0.6) is 5.75 Å². The molecule has 28 heavy (non-hydrogen) atoms. The molecule has 5 nitrogen and oxygen atoms in total. The number of halogens is 1. The first-order valence-corrected chi connectivity index (χ1v) is 9.38. The number of hydrogen-bond acceptors (Lipinski definition) is 4. The minimum atomic E-state index is -0.321. The molecular weight excluding hydrogens is 374 g/mol. The van der Waals surface area contributed by atoms with E-state index >= 15 is 0 Å². The maximum atomic E-state index is 12.7. The van der Waals surface area contributed by atoms with Crippen molar-refractivity contribution in [3.63, 3.8) is 0 Å². The summed E-state index contributed by atoms with van der Waals surface area (Å²) in [6, 6.07) is 19.0. The third-order valence-electron chi connectivity index (χ3n) is 4.35. The number of amides is 1. The number of aromatic nitrogens is 1. The molecule has 0 aliphatic carbocycles. The van der Waals surface area contributed by atoms with Gasteiger partial charge in [-0.05, 0) is 42.8 Å². The van der Waals surface area contributed by atoms with Crippen LogP contribution in [0.15, 0.2) is 66.9 Å². The zero-order valence-corrected chi connectivity index (χ0v) is 16.6. The second kappa shape index (κ2) is 9.24. The summed E-state index contributed by atoms with van der Waals surface area (Å²) in [5.41, 5.74) is 2.97. The van der Waals surface area contributed by atoms with Gasteiger partial charge in [0, 0.05) is 30.0 Å². The number of carbonyl (C=O) groups is 1. The Balaban J connectivity index is 1.80. The van der Waals surface area contributed by atoms with Crippen molar-refractivity contribution in [3.8, 4) is 5.75 Å². The molecule has 0 bridgehead atoms. The lowest BCUT2D eigenvalue weighted by Crippen LogP contribution is -2.23. The number of carbonyl (C=O) groups excluding carboxylic acids is 1. The average molecular weight is 396 g/mol. The van der Waals surface area contributed by atoms with Gasteiger partial charge in [0.15, 0.2) is 0 Å². The van der Waals surface area contributed by atoms with Crippen molar-refractivity contribution in [2.45, 2.75) is 13.5 Å². The highest BCUT2D eigenvalue weighted by molar-refractivity contribution is 6.31. The SMILES string of the molecule is CCN(Cc1ccccc1)c1ccnc(C(=O)Nc2cc(Cl)ccc2OC)c1. The van der Waals surface area contributed by atoms with Gasteiger partial charge in [-0.15, -0.1) is 0 Å². The highest BCUT2D eigenvalue weighted by Gasteiger charge is 2.14. The van der Waals surface area contributed by atoms with E-state index in [1.54, 1.807) is 37.6 Å². The molecule has 0 saturated carbocycles. The summed E-state index contributed by atoms with van der Waals surface area (Å²) in [6.07, 6.45) is 1.65. The van der Waals surface area contributed by atoms with Gasteiger partial charge in [-0.2, -0.15) is 0 Å². The van der Waals surface area contributed by atoms with Crippen LogP contribution in [0.25, 0.3) is 0 Å². The Morgan fingerprint density at radius 3 is 2.64 bits per heavy atom. The standard InChI is InChI=1S/C22H22ClN3O2/c1-3-26(15-16-7-5-4-6-8-16)18-11-12-24-20(14-18)22(27)25-19-13-17(23)9-10-21(19)28-2/h4-14H,3,15H2,1-2H3,(H,25,27). The molecule has 1 amide bonds. The maximum absolute atomic E-state index is 12.7. The number of nitrogens with one attached hydrogen (secondary N) is 1. The molecule has 2 aromatic carbocycles. The highest BCUT2D eigenvalue weighted by atomic mass is 35.5. The molecule has 3 rings (SSSR count). The van der Waals surface area contributed by atoms with Gasteiger partial charge in [0.1, 0.15) is 11.4 Å². The van der Waals surface area contributed by atoms with Gasteiger partial charge >= 0.3 is 0 Å². The molecule has 0 atom stereocenters. The van der Waals surface area contributed by atoms with Gasteiger partial charge in [0.05, 0.1) is 12.8 Å². The lowest BCUT2D eigenvalue weighted by Gasteiger charge is -2.23. The predicted octanol–water partition coefficient (Wildman–Crippen LogP) is 5.02. The van der Waals surface area contributed by atoms with Crippen LogP contribution in [0.2, 0.25) is 5.02 Å². The number of pyridine rings is 1. The highest BCUT2D eigenvalue weighted by Crippen LogP contribution is 2.28.